The molecule has 2 nitrogen and oxygen atoms in total. The normalized spacial score (nSPS) is 13.9. The van der Waals surface area contributed by atoms with Crippen LogP contribution in [0.3, 0.4) is 0 Å². The summed E-state index contributed by atoms with van der Waals surface area (Å²) in [5, 5.41) is 0. The van der Waals surface area contributed by atoms with Gasteiger partial charge in [0.25, 0.3) is 0 Å². The Morgan fingerprint density at radius 1 is 0.429 bits per heavy atom. The first-order valence-corrected chi connectivity index (χ1v) is 22.8. The molecule has 2 atom stereocenters. The molecule has 0 amide bonds. The molecule has 0 aromatic carbocycles. The molecule has 0 saturated carbocycles. The third kappa shape index (κ3) is 20.4. The van der Waals surface area contributed by atoms with Gasteiger partial charge >= 0.3 is 229 Å². The van der Waals surface area contributed by atoms with Gasteiger partial charge in [0.1, 0.15) is 0 Å². The van der Waals surface area contributed by atoms with E-state index in [9.17, 15) is 0 Å². The summed E-state index contributed by atoms with van der Waals surface area (Å²) in [4.78, 5) is 0. The minimum atomic E-state index is -3.10. The Kier molecular flexibility index (Phi) is 26.9. The van der Waals surface area contributed by atoms with Crippen molar-refractivity contribution in [2.24, 2.45) is 11.8 Å². The molecule has 0 saturated heterocycles. The summed E-state index contributed by atoms with van der Waals surface area (Å²) in [5.41, 5.74) is 0. The van der Waals surface area contributed by atoms with Gasteiger partial charge in [0.2, 0.25) is 0 Å². The summed E-state index contributed by atoms with van der Waals surface area (Å²) in [5.74, 6) is 1.46. The Morgan fingerprint density at radius 2 is 0.771 bits per heavy atom. The molecular formula is C32H68O2Sn. The molecule has 0 rings (SSSR count). The number of unbranched alkanes of at least 4 members (excludes halogenated alkanes) is 12. The zero-order chi connectivity index (χ0) is 26.0. The average molecular weight is 604 g/mol. The summed E-state index contributed by atoms with van der Waals surface area (Å²) in [6.45, 7) is 15.9. The Morgan fingerprint density at radius 3 is 1.11 bits per heavy atom. The van der Waals surface area contributed by atoms with Crippen LogP contribution in [0, 0.1) is 11.8 Å². The topological polar surface area (TPSA) is 18.5 Å². The van der Waals surface area contributed by atoms with Crippen LogP contribution in [-0.2, 0) is 6.15 Å². The van der Waals surface area contributed by atoms with E-state index in [1.54, 1.807) is 0 Å². The Balaban J connectivity index is 5.26. The maximum atomic E-state index is 7.12. The van der Waals surface area contributed by atoms with Crippen molar-refractivity contribution in [1.29, 1.82) is 0 Å². The molecule has 0 bridgehead atoms. The van der Waals surface area contributed by atoms with Gasteiger partial charge in [-0.1, -0.05) is 0 Å². The monoisotopic (exact) mass is 604 g/mol. The van der Waals surface area contributed by atoms with E-state index >= 15 is 0 Å². The molecule has 3 heteroatoms. The molecule has 0 N–H and O–H groups in total. The molecule has 35 heavy (non-hydrogen) atoms. The van der Waals surface area contributed by atoms with Crippen LogP contribution in [0.4, 0.5) is 0 Å². The minimum absolute atomic E-state index is 0.728. The first-order chi connectivity index (χ1) is 17.1. The second-order valence-corrected chi connectivity index (χ2v) is 21.1. The van der Waals surface area contributed by atoms with E-state index < -0.39 is 19.2 Å². The van der Waals surface area contributed by atoms with Crippen molar-refractivity contribution >= 4 is 19.2 Å². The summed E-state index contributed by atoms with van der Waals surface area (Å²) in [6.07, 6.45) is 26.9. The average Bonchev–Trinajstić information content (AvgIpc) is 2.88. The molecule has 0 aliphatic carbocycles. The Bertz CT molecular complexity index is 376. The predicted octanol–water partition coefficient (Wildman–Crippen LogP) is 11.6. The zero-order valence-corrected chi connectivity index (χ0v) is 28.3. The van der Waals surface area contributed by atoms with Crippen molar-refractivity contribution in [1.82, 2.24) is 0 Å². The van der Waals surface area contributed by atoms with E-state index in [2.05, 4.69) is 41.5 Å². The summed E-state index contributed by atoms with van der Waals surface area (Å²) in [7, 11) is 0. The molecule has 212 valence electrons. The number of rotatable bonds is 28. The fourth-order valence-electron chi connectivity index (χ4n) is 5.14. The van der Waals surface area contributed by atoms with Gasteiger partial charge in [-0.05, 0) is 0 Å². The molecule has 0 aliphatic heterocycles. The fourth-order valence-corrected chi connectivity index (χ4v) is 15.3. The Hall–Kier alpha value is 0.719. The van der Waals surface area contributed by atoms with Crippen LogP contribution in [0.1, 0.15) is 170 Å². The Labute approximate surface area is 228 Å². The molecule has 0 spiro atoms. The van der Waals surface area contributed by atoms with Gasteiger partial charge in [0, 0.05) is 0 Å². The van der Waals surface area contributed by atoms with Gasteiger partial charge in [-0.2, -0.15) is 0 Å². The molecule has 0 fully saturated rings. The van der Waals surface area contributed by atoms with Crippen LogP contribution in [0.15, 0.2) is 0 Å². The predicted molar refractivity (Wildman–Crippen MR) is 161 cm³/mol. The van der Waals surface area contributed by atoms with Crippen molar-refractivity contribution in [3.8, 4) is 0 Å². The third-order valence-electron chi connectivity index (χ3n) is 8.07. The molecule has 0 aromatic rings. The number of hydrogen-bond donors (Lipinski definition) is 0. The van der Waals surface area contributed by atoms with Crippen LogP contribution in [0.25, 0.3) is 0 Å². The van der Waals surface area contributed by atoms with Gasteiger partial charge in [-0.25, -0.2) is 0 Å². The van der Waals surface area contributed by atoms with Crippen LogP contribution < -0.4 is 0 Å². The molecule has 0 aliphatic rings. The zero-order valence-electron chi connectivity index (χ0n) is 25.4. The summed E-state index contributed by atoms with van der Waals surface area (Å²) in [6, 6.07) is 0. The van der Waals surface area contributed by atoms with E-state index in [0.29, 0.717) is 0 Å². The van der Waals surface area contributed by atoms with Crippen molar-refractivity contribution in [3.05, 3.63) is 0 Å². The van der Waals surface area contributed by atoms with Gasteiger partial charge in [0.15, 0.2) is 0 Å². The summed E-state index contributed by atoms with van der Waals surface area (Å²) < 4.78 is 16.8. The van der Waals surface area contributed by atoms with Crippen LogP contribution >= 0.6 is 0 Å². The van der Waals surface area contributed by atoms with Gasteiger partial charge in [0.05, 0.1) is 0 Å². The first kappa shape index (κ1) is 35.7. The molecular weight excluding hydrogens is 535 g/mol. The quantitative estimate of drug-likeness (QED) is 0.0654. The van der Waals surface area contributed by atoms with Crippen LogP contribution in [0.2, 0.25) is 8.87 Å². The van der Waals surface area contributed by atoms with E-state index in [1.165, 1.54) is 137 Å². The first-order valence-electron chi connectivity index (χ1n) is 16.4. The number of hydrogen-bond acceptors (Lipinski definition) is 2. The second-order valence-electron chi connectivity index (χ2n) is 11.4. The van der Waals surface area contributed by atoms with Crippen LogP contribution in [0.5, 0.6) is 0 Å². The summed E-state index contributed by atoms with van der Waals surface area (Å²) >= 11 is -3.10. The fraction of sp³-hybridized carbons (Fsp3) is 1.00. The van der Waals surface area contributed by atoms with Crippen molar-refractivity contribution in [2.45, 2.75) is 179 Å². The molecule has 0 radical (unpaired) electrons. The maximum absolute atomic E-state index is 7.12. The van der Waals surface area contributed by atoms with Crippen LogP contribution in [-0.4, -0.2) is 32.4 Å². The van der Waals surface area contributed by atoms with E-state index in [0.717, 1.165) is 25.0 Å². The van der Waals surface area contributed by atoms with Crippen molar-refractivity contribution in [2.75, 3.05) is 13.2 Å². The third-order valence-corrected chi connectivity index (χ3v) is 18.4. The van der Waals surface area contributed by atoms with Crippen molar-refractivity contribution in [3.63, 3.8) is 0 Å². The van der Waals surface area contributed by atoms with Crippen molar-refractivity contribution < 1.29 is 6.15 Å². The second kappa shape index (κ2) is 26.3. The molecule has 2 unspecified atom stereocenters. The van der Waals surface area contributed by atoms with E-state index in [1.807, 2.05) is 0 Å². The van der Waals surface area contributed by atoms with E-state index in [4.69, 9.17) is 6.15 Å². The standard InChI is InChI=1S/2C8H17O.2C8H17.Sn/c2*1-3-5-6-8(4-2)7-9;2*1-3-5-7-8-6-4-2;/h2*8H,3-7H2,1-2H3;2*1,3-8H2,2H3;/q2*-1;;;+2. The van der Waals surface area contributed by atoms with E-state index in [-0.39, 0.29) is 0 Å². The SMILES string of the molecule is CCCCCCC[CH2][Sn]([CH2]CCCCCCC)([O]CC(CC)CCCC)[O]CC(CC)CCCC. The molecule has 0 aromatic heterocycles. The van der Waals surface area contributed by atoms with Gasteiger partial charge in [-0.15, -0.1) is 0 Å². The van der Waals surface area contributed by atoms with Gasteiger partial charge in [-0.3, -0.25) is 0 Å². The van der Waals surface area contributed by atoms with Gasteiger partial charge < -0.3 is 0 Å². The molecule has 0 heterocycles.